The zero-order chi connectivity index (χ0) is 15.4. The molecule has 0 fully saturated rings. The third-order valence-corrected chi connectivity index (χ3v) is 3.44. The molecule has 0 bridgehead atoms. The van der Waals surface area contributed by atoms with Crippen molar-refractivity contribution in [1.29, 1.82) is 0 Å². The normalized spacial score (nSPS) is 10.3. The van der Waals surface area contributed by atoms with Crippen LogP contribution in [0.1, 0.15) is 16.7 Å². The lowest BCUT2D eigenvalue weighted by molar-refractivity contribution is -0.114. The minimum absolute atomic E-state index is 0.0212. The van der Waals surface area contributed by atoms with E-state index in [1.807, 2.05) is 39.0 Å². The van der Waals surface area contributed by atoms with Gasteiger partial charge in [0.25, 0.3) is 0 Å². The van der Waals surface area contributed by atoms with Crippen LogP contribution in [0, 0.1) is 26.6 Å². The van der Waals surface area contributed by atoms with E-state index in [0.717, 1.165) is 22.4 Å². The monoisotopic (exact) mass is 286 g/mol. The summed E-state index contributed by atoms with van der Waals surface area (Å²) in [6.07, 6.45) is 0. The van der Waals surface area contributed by atoms with Gasteiger partial charge in [-0.3, -0.25) is 4.79 Å². The van der Waals surface area contributed by atoms with Crippen molar-refractivity contribution < 1.29 is 9.18 Å². The molecule has 0 saturated carbocycles. The highest BCUT2D eigenvalue weighted by Crippen LogP contribution is 2.18. The molecule has 0 spiro atoms. The molecule has 3 nitrogen and oxygen atoms in total. The van der Waals surface area contributed by atoms with E-state index in [1.54, 1.807) is 12.1 Å². The smallest absolute Gasteiger partial charge is 0.243 e. The van der Waals surface area contributed by atoms with Crippen molar-refractivity contribution in [1.82, 2.24) is 0 Å². The SMILES string of the molecule is Cc1ccc(NCC(=O)Nc2cccc(C)c2C)c(F)c1. The van der Waals surface area contributed by atoms with Crippen LogP contribution in [0.2, 0.25) is 0 Å². The first kappa shape index (κ1) is 15.0. The van der Waals surface area contributed by atoms with E-state index in [0.29, 0.717) is 5.69 Å². The summed E-state index contributed by atoms with van der Waals surface area (Å²) < 4.78 is 13.7. The fraction of sp³-hybridized carbons (Fsp3) is 0.235. The van der Waals surface area contributed by atoms with Gasteiger partial charge in [0, 0.05) is 5.69 Å². The summed E-state index contributed by atoms with van der Waals surface area (Å²) >= 11 is 0. The van der Waals surface area contributed by atoms with E-state index in [9.17, 15) is 9.18 Å². The lowest BCUT2D eigenvalue weighted by atomic mass is 10.1. The Morgan fingerprint density at radius 2 is 1.86 bits per heavy atom. The van der Waals surface area contributed by atoms with Crippen molar-refractivity contribution in [2.24, 2.45) is 0 Å². The molecule has 0 aliphatic carbocycles. The first-order valence-electron chi connectivity index (χ1n) is 6.83. The highest BCUT2D eigenvalue weighted by molar-refractivity contribution is 5.94. The molecule has 0 aromatic heterocycles. The zero-order valence-corrected chi connectivity index (χ0v) is 12.5. The third kappa shape index (κ3) is 3.81. The van der Waals surface area contributed by atoms with Gasteiger partial charge in [-0.25, -0.2) is 4.39 Å². The Kier molecular flexibility index (Phi) is 4.58. The largest absolute Gasteiger partial charge is 0.374 e. The molecule has 4 heteroatoms. The standard InChI is InChI=1S/C17H19FN2O/c1-11-7-8-16(14(18)9-11)19-10-17(21)20-15-6-4-5-12(2)13(15)3/h4-9,19H,10H2,1-3H3,(H,20,21). The van der Waals surface area contributed by atoms with E-state index in [2.05, 4.69) is 10.6 Å². The zero-order valence-electron chi connectivity index (χ0n) is 12.5. The minimum atomic E-state index is -0.352. The van der Waals surface area contributed by atoms with Gasteiger partial charge in [0.05, 0.1) is 12.2 Å². The van der Waals surface area contributed by atoms with E-state index < -0.39 is 0 Å². The number of aryl methyl sites for hydroxylation is 2. The maximum atomic E-state index is 13.7. The molecular weight excluding hydrogens is 267 g/mol. The molecule has 2 aromatic rings. The number of amides is 1. The van der Waals surface area contributed by atoms with Crippen molar-refractivity contribution in [3.63, 3.8) is 0 Å². The molecule has 0 saturated heterocycles. The molecular formula is C17H19FN2O. The third-order valence-electron chi connectivity index (χ3n) is 3.44. The van der Waals surface area contributed by atoms with E-state index in [1.165, 1.54) is 6.07 Å². The number of anilines is 2. The van der Waals surface area contributed by atoms with Crippen LogP contribution in [0.4, 0.5) is 15.8 Å². The Morgan fingerprint density at radius 3 is 2.57 bits per heavy atom. The summed E-state index contributed by atoms with van der Waals surface area (Å²) in [5, 5.41) is 5.64. The van der Waals surface area contributed by atoms with E-state index >= 15 is 0 Å². The molecule has 0 aliphatic heterocycles. The molecule has 0 aliphatic rings. The molecule has 0 radical (unpaired) electrons. The average molecular weight is 286 g/mol. The Bertz CT molecular complexity index is 668. The van der Waals surface area contributed by atoms with E-state index in [-0.39, 0.29) is 18.3 Å². The summed E-state index contributed by atoms with van der Waals surface area (Å²) in [5.74, 6) is -0.557. The molecule has 2 aromatic carbocycles. The van der Waals surface area contributed by atoms with Gasteiger partial charge < -0.3 is 10.6 Å². The number of hydrogen-bond acceptors (Lipinski definition) is 2. The average Bonchev–Trinajstić information content (AvgIpc) is 2.43. The molecule has 110 valence electrons. The van der Waals surface area contributed by atoms with Crippen LogP contribution in [0.3, 0.4) is 0 Å². The predicted octanol–water partition coefficient (Wildman–Crippen LogP) is 3.80. The molecule has 0 atom stereocenters. The Hall–Kier alpha value is -2.36. The van der Waals surface area contributed by atoms with Gasteiger partial charge in [-0.15, -0.1) is 0 Å². The van der Waals surface area contributed by atoms with Crippen molar-refractivity contribution >= 4 is 17.3 Å². The topological polar surface area (TPSA) is 41.1 Å². The van der Waals surface area contributed by atoms with Crippen molar-refractivity contribution in [3.8, 4) is 0 Å². The van der Waals surface area contributed by atoms with Crippen LogP contribution in [0.15, 0.2) is 36.4 Å². The predicted molar refractivity (Wildman–Crippen MR) is 84.2 cm³/mol. The second-order valence-corrected chi connectivity index (χ2v) is 5.13. The number of carbonyl (C=O) groups is 1. The highest BCUT2D eigenvalue weighted by Gasteiger charge is 2.07. The Balaban J connectivity index is 1.97. The lowest BCUT2D eigenvalue weighted by Crippen LogP contribution is -2.22. The molecule has 0 heterocycles. The maximum absolute atomic E-state index is 13.7. The summed E-state index contributed by atoms with van der Waals surface area (Å²) in [5.41, 5.74) is 4.11. The number of halogens is 1. The van der Waals surface area contributed by atoms with E-state index in [4.69, 9.17) is 0 Å². The number of benzene rings is 2. The second-order valence-electron chi connectivity index (χ2n) is 5.13. The van der Waals surface area contributed by atoms with Crippen LogP contribution < -0.4 is 10.6 Å². The van der Waals surface area contributed by atoms with Crippen LogP contribution >= 0.6 is 0 Å². The number of carbonyl (C=O) groups excluding carboxylic acids is 1. The molecule has 2 N–H and O–H groups in total. The van der Waals surface area contributed by atoms with Gasteiger partial charge in [0.2, 0.25) is 5.91 Å². The van der Waals surface area contributed by atoms with Gasteiger partial charge in [0.15, 0.2) is 0 Å². The van der Waals surface area contributed by atoms with Crippen LogP contribution in [0.25, 0.3) is 0 Å². The summed E-state index contributed by atoms with van der Waals surface area (Å²) in [6.45, 7) is 5.79. The van der Waals surface area contributed by atoms with Crippen molar-refractivity contribution in [3.05, 3.63) is 58.9 Å². The van der Waals surface area contributed by atoms with Crippen LogP contribution in [-0.4, -0.2) is 12.5 Å². The number of nitrogens with one attached hydrogen (secondary N) is 2. The molecule has 21 heavy (non-hydrogen) atoms. The van der Waals surface area contributed by atoms with Gasteiger partial charge in [-0.1, -0.05) is 18.2 Å². The summed E-state index contributed by atoms with van der Waals surface area (Å²) in [7, 11) is 0. The van der Waals surface area contributed by atoms with Gasteiger partial charge >= 0.3 is 0 Å². The molecule has 0 unspecified atom stereocenters. The minimum Gasteiger partial charge on any atom is -0.374 e. The fourth-order valence-corrected chi connectivity index (χ4v) is 2.02. The maximum Gasteiger partial charge on any atom is 0.243 e. The quantitative estimate of drug-likeness (QED) is 0.897. The fourth-order valence-electron chi connectivity index (χ4n) is 2.02. The first-order valence-corrected chi connectivity index (χ1v) is 6.83. The number of rotatable bonds is 4. The van der Waals surface area contributed by atoms with Crippen LogP contribution in [0.5, 0.6) is 0 Å². The second kappa shape index (κ2) is 6.39. The molecule has 1 amide bonds. The highest BCUT2D eigenvalue weighted by atomic mass is 19.1. The Morgan fingerprint density at radius 1 is 1.10 bits per heavy atom. The van der Waals surface area contributed by atoms with Crippen molar-refractivity contribution in [2.45, 2.75) is 20.8 Å². The summed E-state index contributed by atoms with van der Waals surface area (Å²) in [4.78, 5) is 11.9. The van der Waals surface area contributed by atoms with Gasteiger partial charge in [-0.05, 0) is 55.7 Å². The Labute approximate surface area is 124 Å². The first-order chi connectivity index (χ1) is 9.97. The van der Waals surface area contributed by atoms with Crippen LogP contribution in [-0.2, 0) is 4.79 Å². The van der Waals surface area contributed by atoms with Gasteiger partial charge in [-0.2, -0.15) is 0 Å². The summed E-state index contributed by atoms with van der Waals surface area (Å²) in [6, 6.07) is 10.6. The van der Waals surface area contributed by atoms with Crippen molar-refractivity contribution in [2.75, 3.05) is 17.2 Å². The molecule has 2 rings (SSSR count). The number of hydrogen-bond donors (Lipinski definition) is 2. The lowest BCUT2D eigenvalue weighted by Gasteiger charge is -2.12. The van der Waals surface area contributed by atoms with Gasteiger partial charge in [0.1, 0.15) is 5.82 Å².